The maximum Gasteiger partial charge on any atom is 0.307 e. The van der Waals surface area contributed by atoms with Gasteiger partial charge in [0, 0.05) is 11.7 Å². The Morgan fingerprint density at radius 1 is 1.53 bits per heavy atom. The number of carbonyl (C=O) groups is 1. The lowest BCUT2D eigenvalue weighted by Gasteiger charge is -2.14. The fraction of sp³-hybridized carbons (Fsp3) is 0.462. The van der Waals surface area contributed by atoms with Crippen molar-refractivity contribution in [1.29, 1.82) is 0 Å². The third kappa shape index (κ3) is 4.43. The van der Waals surface area contributed by atoms with Gasteiger partial charge in [0.15, 0.2) is 0 Å². The maximum atomic E-state index is 13.0. The Kier molecular flexibility index (Phi) is 4.94. The zero-order valence-corrected chi connectivity index (χ0v) is 10.4. The molecule has 1 rings (SSSR count). The van der Waals surface area contributed by atoms with Gasteiger partial charge in [-0.2, -0.15) is 0 Å². The van der Waals surface area contributed by atoms with Crippen LogP contribution in [0.1, 0.15) is 25.8 Å². The maximum absolute atomic E-state index is 13.0. The average Bonchev–Trinajstić information content (AvgIpc) is 2.23. The van der Waals surface area contributed by atoms with Crippen molar-refractivity contribution in [2.75, 3.05) is 11.9 Å². The molecule has 0 aromatic heterocycles. The van der Waals surface area contributed by atoms with E-state index in [9.17, 15) is 9.18 Å². The number of carbonyl (C=O) groups excluding carboxylic acids is 1. The van der Waals surface area contributed by atoms with Gasteiger partial charge in [-0.05, 0) is 44.5 Å². The first kappa shape index (κ1) is 13.5. The topological polar surface area (TPSA) is 38.3 Å². The highest BCUT2D eigenvalue weighted by atomic mass is 19.1. The molecule has 1 N–H and O–H groups in total. The fourth-order valence-electron chi connectivity index (χ4n) is 1.54. The minimum atomic E-state index is -0.230. The van der Waals surface area contributed by atoms with E-state index in [1.165, 1.54) is 6.07 Å². The van der Waals surface area contributed by atoms with Crippen molar-refractivity contribution in [2.45, 2.75) is 33.2 Å². The molecule has 0 aliphatic heterocycles. The van der Waals surface area contributed by atoms with Crippen LogP contribution in [0.3, 0.4) is 0 Å². The number of hydrogen-bond donors (Lipinski definition) is 1. The van der Waals surface area contributed by atoms with Gasteiger partial charge in [-0.1, -0.05) is 0 Å². The van der Waals surface area contributed by atoms with Crippen molar-refractivity contribution < 1.29 is 13.9 Å². The first-order chi connectivity index (χ1) is 8.02. The first-order valence-corrected chi connectivity index (χ1v) is 5.71. The second-order valence-electron chi connectivity index (χ2n) is 4.02. The molecule has 1 atom stereocenters. The molecule has 17 heavy (non-hydrogen) atoms. The lowest BCUT2D eigenvalue weighted by molar-refractivity contribution is -0.143. The predicted octanol–water partition coefficient (Wildman–Crippen LogP) is 2.89. The summed E-state index contributed by atoms with van der Waals surface area (Å²) in [6, 6.07) is 4.74. The van der Waals surface area contributed by atoms with Crippen molar-refractivity contribution in [3.8, 4) is 0 Å². The minimum Gasteiger partial charge on any atom is -0.466 e. The zero-order chi connectivity index (χ0) is 12.8. The molecule has 0 aliphatic carbocycles. The molecule has 0 saturated heterocycles. The second kappa shape index (κ2) is 6.23. The molecule has 3 nitrogen and oxygen atoms in total. The highest BCUT2D eigenvalue weighted by Crippen LogP contribution is 2.15. The van der Waals surface area contributed by atoms with Crippen LogP contribution in [0.2, 0.25) is 0 Å². The molecule has 4 heteroatoms. The number of anilines is 1. The zero-order valence-electron chi connectivity index (χ0n) is 10.4. The smallest absolute Gasteiger partial charge is 0.307 e. The van der Waals surface area contributed by atoms with Gasteiger partial charge in [0.05, 0.1) is 13.0 Å². The molecule has 0 bridgehead atoms. The van der Waals surface area contributed by atoms with Gasteiger partial charge in [0.2, 0.25) is 0 Å². The Bertz CT molecular complexity index is 393. The van der Waals surface area contributed by atoms with E-state index in [2.05, 4.69) is 5.32 Å². The molecular weight excluding hydrogens is 221 g/mol. The molecule has 0 radical (unpaired) electrons. The molecule has 0 heterocycles. The van der Waals surface area contributed by atoms with E-state index in [1.54, 1.807) is 26.0 Å². The van der Waals surface area contributed by atoms with E-state index in [-0.39, 0.29) is 17.8 Å². The summed E-state index contributed by atoms with van der Waals surface area (Å²) in [5.74, 6) is -0.458. The van der Waals surface area contributed by atoms with Crippen molar-refractivity contribution >= 4 is 11.7 Å². The number of halogens is 1. The Morgan fingerprint density at radius 3 is 2.82 bits per heavy atom. The summed E-state index contributed by atoms with van der Waals surface area (Å²) in [7, 11) is 0. The van der Waals surface area contributed by atoms with Crippen LogP contribution in [0.5, 0.6) is 0 Å². The molecule has 1 aromatic carbocycles. The van der Waals surface area contributed by atoms with Gasteiger partial charge >= 0.3 is 5.97 Å². The average molecular weight is 239 g/mol. The Labute approximate surface area is 101 Å². The van der Waals surface area contributed by atoms with Gasteiger partial charge in [-0.25, -0.2) is 4.39 Å². The number of aryl methyl sites for hydroxylation is 1. The normalized spacial score (nSPS) is 12.0. The lowest BCUT2D eigenvalue weighted by atomic mass is 10.2. The molecule has 0 aliphatic rings. The number of benzene rings is 1. The van der Waals surface area contributed by atoms with Crippen LogP contribution in [0, 0.1) is 12.7 Å². The molecule has 1 aromatic rings. The molecule has 0 fully saturated rings. The SMILES string of the molecule is CCOC(=O)CC(C)Nc1ccc(F)c(C)c1. The van der Waals surface area contributed by atoms with Crippen molar-refractivity contribution in [3.05, 3.63) is 29.6 Å². The van der Waals surface area contributed by atoms with Gasteiger partial charge in [-0.3, -0.25) is 4.79 Å². The van der Waals surface area contributed by atoms with Crippen molar-refractivity contribution in [2.24, 2.45) is 0 Å². The summed E-state index contributed by atoms with van der Waals surface area (Å²) < 4.78 is 17.9. The molecular formula is C13H18FNO2. The highest BCUT2D eigenvalue weighted by molar-refractivity contribution is 5.70. The van der Waals surface area contributed by atoms with E-state index in [4.69, 9.17) is 4.74 Å². The van der Waals surface area contributed by atoms with Gasteiger partial charge in [-0.15, -0.1) is 0 Å². The summed E-state index contributed by atoms with van der Waals surface area (Å²) in [5.41, 5.74) is 1.39. The molecule has 94 valence electrons. The van der Waals surface area contributed by atoms with Crippen LogP contribution in [-0.2, 0) is 9.53 Å². The number of esters is 1. The minimum absolute atomic E-state index is 0.0427. The van der Waals surface area contributed by atoms with Crippen LogP contribution >= 0.6 is 0 Å². The largest absolute Gasteiger partial charge is 0.466 e. The van der Waals surface area contributed by atoms with Gasteiger partial charge in [0.25, 0.3) is 0 Å². The van der Waals surface area contributed by atoms with Crippen LogP contribution in [0.4, 0.5) is 10.1 Å². The van der Waals surface area contributed by atoms with E-state index in [1.807, 2.05) is 6.92 Å². The third-order valence-electron chi connectivity index (χ3n) is 2.35. The number of ether oxygens (including phenoxy) is 1. The van der Waals surface area contributed by atoms with Crippen molar-refractivity contribution in [1.82, 2.24) is 0 Å². The molecule has 0 saturated carbocycles. The van der Waals surface area contributed by atoms with Crippen LogP contribution in [0.25, 0.3) is 0 Å². The second-order valence-corrected chi connectivity index (χ2v) is 4.02. The summed E-state index contributed by atoms with van der Waals surface area (Å²) in [6.07, 6.45) is 0.296. The Balaban J connectivity index is 2.53. The van der Waals surface area contributed by atoms with E-state index < -0.39 is 0 Å². The summed E-state index contributed by atoms with van der Waals surface area (Å²) >= 11 is 0. The first-order valence-electron chi connectivity index (χ1n) is 5.71. The third-order valence-corrected chi connectivity index (χ3v) is 2.35. The van der Waals surface area contributed by atoms with Crippen molar-refractivity contribution in [3.63, 3.8) is 0 Å². The Morgan fingerprint density at radius 2 is 2.24 bits per heavy atom. The van der Waals surface area contributed by atoms with Gasteiger partial charge in [0.1, 0.15) is 5.82 Å². The number of rotatable bonds is 5. The summed E-state index contributed by atoms with van der Waals surface area (Å²) in [6.45, 7) is 5.76. The molecule has 1 unspecified atom stereocenters. The molecule has 0 amide bonds. The quantitative estimate of drug-likeness (QED) is 0.803. The number of nitrogens with one attached hydrogen (secondary N) is 1. The summed E-state index contributed by atoms with van der Waals surface area (Å²) in [5, 5.41) is 3.13. The fourth-order valence-corrected chi connectivity index (χ4v) is 1.54. The Hall–Kier alpha value is -1.58. The van der Waals surface area contributed by atoms with Crippen LogP contribution in [-0.4, -0.2) is 18.6 Å². The van der Waals surface area contributed by atoms with E-state index in [0.717, 1.165) is 5.69 Å². The predicted molar refractivity (Wildman–Crippen MR) is 65.5 cm³/mol. The van der Waals surface area contributed by atoms with Gasteiger partial charge < -0.3 is 10.1 Å². The summed E-state index contributed by atoms with van der Waals surface area (Å²) in [4.78, 5) is 11.2. The van der Waals surface area contributed by atoms with E-state index in [0.29, 0.717) is 18.6 Å². The van der Waals surface area contributed by atoms with Crippen LogP contribution in [0.15, 0.2) is 18.2 Å². The lowest BCUT2D eigenvalue weighted by Crippen LogP contribution is -2.21. The monoisotopic (exact) mass is 239 g/mol. The highest BCUT2D eigenvalue weighted by Gasteiger charge is 2.10. The number of hydrogen-bond acceptors (Lipinski definition) is 3. The van der Waals surface area contributed by atoms with Crippen LogP contribution < -0.4 is 5.32 Å². The van der Waals surface area contributed by atoms with E-state index >= 15 is 0 Å². The molecule has 0 spiro atoms. The standard InChI is InChI=1S/C13H18FNO2/c1-4-17-13(16)8-10(3)15-11-5-6-12(14)9(2)7-11/h5-7,10,15H,4,8H2,1-3H3.